The van der Waals surface area contributed by atoms with E-state index in [2.05, 4.69) is 9.71 Å². The van der Waals surface area contributed by atoms with Gasteiger partial charge in [0.15, 0.2) is 0 Å². The molecule has 6 heteroatoms. The summed E-state index contributed by atoms with van der Waals surface area (Å²) in [5.41, 5.74) is 5.92. The number of nitrogen functional groups attached to an aromatic ring is 1. The minimum Gasteiger partial charge on any atom is -0.384 e. The number of anilines is 2. The van der Waals surface area contributed by atoms with E-state index in [1.807, 2.05) is 0 Å². The maximum atomic E-state index is 12.1. The van der Waals surface area contributed by atoms with E-state index in [1.54, 1.807) is 12.1 Å². The SMILES string of the molecule is Nc1ccc(NS(=O)(=O)C2CCCCC2)cn1. The Morgan fingerprint density at radius 2 is 1.94 bits per heavy atom. The zero-order valence-corrected chi connectivity index (χ0v) is 10.4. The van der Waals surface area contributed by atoms with Crippen molar-refractivity contribution in [3.05, 3.63) is 18.3 Å². The van der Waals surface area contributed by atoms with E-state index in [-0.39, 0.29) is 5.25 Å². The van der Waals surface area contributed by atoms with Gasteiger partial charge < -0.3 is 5.73 Å². The molecule has 0 saturated heterocycles. The van der Waals surface area contributed by atoms with Crippen molar-refractivity contribution in [2.24, 2.45) is 0 Å². The van der Waals surface area contributed by atoms with Crippen molar-refractivity contribution in [2.45, 2.75) is 37.4 Å². The van der Waals surface area contributed by atoms with Gasteiger partial charge in [-0.05, 0) is 25.0 Å². The van der Waals surface area contributed by atoms with E-state index in [4.69, 9.17) is 5.73 Å². The van der Waals surface area contributed by atoms with Crippen LogP contribution in [0.4, 0.5) is 11.5 Å². The Balaban J connectivity index is 2.08. The highest BCUT2D eigenvalue weighted by Crippen LogP contribution is 2.25. The smallest absolute Gasteiger partial charge is 0.235 e. The monoisotopic (exact) mass is 255 g/mol. The molecule has 1 fully saturated rings. The van der Waals surface area contributed by atoms with Crippen molar-refractivity contribution < 1.29 is 8.42 Å². The standard InChI is InChI=1S/C11H17N3O2S/c12-11-7-6-9(8-13-11)14-17(15,16)10-4-2-1-3-5-10/h6-8,10,14H,1-5H2,(H2,12,13). The molecule has 0 unspecified atom stereocenters. The minimum absolute atomic E-state index is 0.270. The van der Waals surface area contributed by atoms with Gasteiger partial charge in [-0.3, -0.25) is 4.72 Å². The molecule has 3 N–H and O–H groups in total. The molecule has 5 nitrogen and oxygen atoms in total. The molecule has 0 bridgehead atoms. The zero-order chi connectivity index (χ0) is 12.3. The largest absolute Gasteiger partial charge is 0.384 e. The van der Waals surface area contributed by atoms with Crippen LogP contribution >= 0.6 is 0 Å². The van der Waals surface area contributed by atoms with Crippen LogP contribution in [0.5, 0.6) is 0 Å². The minimum atomic E-state index is -3.28. The van der Waals surface area contributed by atoms with Crippen molar-refractivity contribution in [1.29, 1.82) is 0 Å². The number of sulfonamides is 1. The predicted molar refractivity (Wildman–Crippen MR) is 68.1 cm³/mol. The lowest BCUT2D eigenvalue weighted by Gasteiger charge is -2.22. The normalized spacial score (nSPS) is 17.9. The zero-order valence-electron chi connectivity index (χ0n) is 9.59. The van der Waals surface area contributed by atoms with Gasteiger partial charge >= 0.3 is 0 Å². The van der Waals surface area contributed by atoms with Crippen molar-refractivity contribution in [2.75, 3.05) is 10.5 Å². The second-order valence-corrected chi connectivity index (χ2v) is 6.34. The van der Waals surface area contributed by atoms with Crippen LogP contribution in [0.25, 0.3) is 0 Å². The highest BCUT2D eigenvalue weighted by atomic mass is 32.2. The number of hydrogen-bond acceptors (Lipinski definition) is 4. The molecule has 1 aromatic heterocycles. The summed E-state index contributed by atoms with van der Waals surface area (Å²) in [6.07, 6.45) is 6.05. The topological polar surface area (TPSA) is 85.1 Å². The van der Waals surface area contributed by atoms with Crippen LogP contribution in [0.1, 0.15) is 32.1 Å². The van der Waals surface area contributed by atoms with E-state index in [0.29, 0.717) is 11.5 Å². The van der Waals surface area contributed by atoms with Crippen molar-refractivity contribution in [1.82, 2.24) is 4.98 Å². The summed E-state index contributed by atoms with van der Waals surface area (Å²) in [6, 6.07) is 3.21. The third-order valence-corrected chi connectivity index (χ3v) is 4.91. The number of nitrogens with two attached hydrogens (primary N) is 1. The van der Waals surface area contributed by atoms with Gasteiger partial charge in [0, 0.05) is 0 Å². The lowest BCUT2D eigenvalue weighted by atomic mass is 10.0. The van der Waals surface area contributed by atoms with Gasteiger partial charge in [0.05, 0.1) is 17.1 Å². The summed E-state index contributed by atoms with van der Waals surface area (Å²) in [7, 11) is -3.28. The van der Waals surface area contributed by atoms with Crippen molar-refractivity contribution in [3.8, 4) is 0 Å². The van der Waals surface area contributed by atoms with Crippen molar-refractivity contribution in [3.63, 3.8) is 0 Å². The van der Waals surface area contributed by atoms with E-state index in [0.717, 1.165) is 32.1 Å². The van der Waals surface area contributed by atoms with Crippen LogP contribution in [0.15, 0.2) is 18.3 Å². The maximum Gasteiger partial charge on any atom is 0.235 e. The van der Waals surface area contributed by atoms with Crippen LogP contribution < -0.4 is 10.5 Å². The molecule has 0 aliphatic heterocycles. The van der Waals surface area contributed by atoms with Gasteiger partial charge in [-0.2, -0.15) is 0 Å². The van der Waals surface area contributed by atoms with Crippen molar-refractivity contribution >= 4 is 21.5 Å². The number of rotatable bonds is 3. The van der Waals surface area contributed by atoms with Crippen LogP contribution in [0.2, 0.25) is 0 Å². The molecular formula is C11H17N3O2S. The molecule has 94 valence electrons. The van der Waals surface area contributed by atoms with Gasteiger partial charge in [-0.15, -0.1) is 0 Å². The number of hydrogen-bond donors (Lipinski definition) is 2. The van der Waals surface area contributed by atoms with E-state index in [1.165, 1.54) is 6.20 Å². The third-order valence-electron chi connectivity index (χ3n) is 3.04. The van der Waals surface area contributed by atoms with E-state index < -0.39 is 10.0 Å². The molecule has 0 spiro atoms. The van der Waals surface area contributed by atoms with Gasteiger partial charge in [-0.25, -0.2) is 13.4 Å². The number of nitrogens with zero attached hydrogens (tertiary/aromatic N) is 1. The third kappa shape index (κ3) is 3.09. The first-order valence-corrected chi connectivity index (χ1v) is 7.36. The van der Waals surface area contributed by atoms with Crippen LogP contribution in [-0.4, -0.2) is 18.7 Å². The quantitative estimate of drug-likeness (QED) is 0.861. The van der Waals surface area contributed by atoms with E-state index in [9.17, 15) is 8.42 Å². The fourth-order valence-corrected chi connectivity index (χ4v) is 3.66. The molecule has 0 aromatic carbocycles. The number of pyridine rings is 1. The Labute approximate surface area is 101 Å². The van der Waals surface area contributed by atoms with Gasteiger partial charge in [0.1, 0.15) is 5.82 Å². The lowest BCUT2D eigenvalue weighted by Crippen LogP contribution is -2.29. The summed E-state index contributed by atoms with van der Waals surface area (Å²) in [6.45, 7) is 0. The Hall–Kier alpha value is -1.30. The molecule has 2 rings (SSSR count). The number of nitrogens with one attached hydrogen (secondary N) is 1. The van der Waals surface area contributed by atoms with Gasteiger partial charge in [0.25, 0.3) is 0 Å². The summed E-state index contributed by atoms with van der Waals surface area (Å²) < 4.78 is 26.7. The van der Waals surface area contributed by atoms with E-state index >= 15 is 0 Å². The Morgan fingerprint density at radius 1 is 1.24 bits per heavy atom. The molecule has 17 heavy (non-hydrogen) atoms. The summed E-state index contributed by atoms with van der Waals surface area (Å²) >= 11 is 0. The Morgan fingerprint density at radius 3 is 2.53 bits per heavy atom. The molecule has 1 heterocycles. The molecule has 1 saturated carbocycles. The second-order valence-electron chi connectivity index (χ2n) is 4.38. The molecule has 0 radical (unpaired) electrons. The van der Waals surface area contributed by atoms with Crippen LogP contribution in [0, 0.1) is 0 Å². The summed E-state index contributed by atoms with van der Waals surface area (Å²) in [4.78, 5) is 3.86. The second kappa shape index (κ2) is 4.91. The highest BCUT2D eigenvalue weighted by molar-refractivity contribution is 7.93. The molecule has 0 amide bonds. The highest BCUT2D eigenvalue weighted by Gasteiger charge is 2.27. The molecule has 0 atom stereocenters. The Kier molecular flexibility index (Phi) is 3.51. The predicted octanol–water partition coefficient (Wildman–Crippen LogP) is 1.74. The molecule has 1 aliphatic rings. The first-order chi connectivity index (χ1) is 8.08. The molecule has 1 aromatic rings. The van der Waals surface area contributed by atoms with Crippen LogP contribution in [0.3, 0.4) is 0 Å². The summed E-state index contributed by atoms with van der Waals surface area (Å²) in [5.74, 6) is 0.380. The summed E-state index contributed by atoms with van der Waals surface area (Å²) in [5, 5.41) is -0.270. The fraction of sp³-hybridized carbons (Fsp3) is 0.545. The van der Waals surface area contributed by atoms with Gasteiger partial charge in [-0.1, -0.05) is 19.3 Å². The average Bonchev–Trinajstić information content (AvgIpc) is 2.33. The molecular weight excluding hydrogens is 238 g/mol. The van der Waals surface area contributed by atoms with Crippen LogP contribution in [-0.2, 0) is 10.0 Å². The first kappa shape index (κ1) is 12.2. The number of aromatic nitrogens is 1. The average molecular weight is 255 g/mol. The molecule has 1 aliphatic carbocycles. The Bertz CT molecular complexity index is 464. The first-order valence-electron chi connectivity index (χ1n) is 5.81. The fourth-order valence-electron chi connectivity index (χ4n) is 2.09. The maximum absolute atomic E-state index is 12.1. The lowest BCUT2D eigenvalue weighted by molar-refractivity contribution is 0.486. The van der Waals surface area contributed by atoms with Gasteiger partial charge in [0.2, 0.25) is 10.0 Å².